The first-order valence-corrected chi connectivity index (χ1v) is 10.9. The number of fused-ring (bicyclic) bond motifs is 1. The normalized spacial score (nSPS) is 11.5. The van der Waals surface area contributed by atoms with Crippen molar-refractivity contribution in [2.45, 2.75) is 27.3 Å². The number of carbonyl (C=O) groups excluding carboxylic acids is 1. The number of aromatic amines is 1. The molecule has 0 radical (unpaired) electrons. The highest BCUT2D eigenvalue weighted by molar-refractivity contribution is 5.92. The molecule has 0 unspecified atom stereocenters. The summed E-state index contributed by atoms with van der Waals surface area (Å²) in [6.45, 7) is 6.81. The van der Waals surface area contributed by atoms with Gasteiger partial charge in [-0.05, 0) is 31.0 Å². The molecule has 0 atom stereocenters. The minimum atomic E-state index is -0.294. The third kappa shape index (κ3) is 4.47. The fourth-order valence-corrected chi connectivity index (χ4v) is 4.05. The highest BCUT2D eigenvalue weighted by Crippen LogP contribution is 2.33. The highest BCUT2D eigenvalue weighted by atomic mass is 16.5. The first-order valence-electron chi connectivity index (χ1n) is 10.9. The van der Waals surface area contributed by atoms with E-state index in [-0.39, 0.29) is 18.2 Å². The topological polar surface area (TPSA) is 93.9 Å². The van der Waals surface area contributed by atoms with Gasteiger partial charge in [0.05, 0.1) is 22.4 Å². The SMILES string of the molecule is COCC(=O)Nc1nc(-c2cccc(C)c2)c(-c2ccc3c(c2)n(C)c(=O)n3CC(C)C)[nH]1. The van der Waals surface area contributed by atoms with Crippen LogP contribution in [-0.4, -0.2) is 38.7 Å². The van der Waals surface area contributed by atoms with Crippen LogP contribution in [0.3, 0.4) is 0 Å². The van der Waals surface area contributed by atoms with Gasteiger partial charge < -0.3 is 9.72 Å². The number of amides is 1. The summed E-state index contributed by atoms with van der Waals surface area (Å²) in [7, 11) is 3.26. The Labute approximate surface area is 192 Å². The summed E-state index contributed by atoms with van der Waals surface area (Å²) in [5.41, 5.74) is 6.09. The average molecular weight is 448 g/mol. The first kappa shape index (κ1) is 22.5. The molecule has 0 spiro atoms. The van der Waals surface area contributed by atoms with Gasteiger partial charge in [-0.2, -0.15) is 0 Å². The molecule has 2 aromatic heterocycles. The Kier molecular flexibility index (Phi) is 6.20. The Hall–Kier alpha value is -3.65. The molecule has 2 heterocycles. The summed E-state index contributed by atoms with van der Waals surface area (Å²) >= 11 is 0. The summed E-state index contributed by atoms with van der Waals surface area (Å²) in [6, 6.07) is 14.0. The van der Waals surface area contributed by atoms with E-state index in [1.54, 1.807) is 11.6 Å². The number of aryl methyl sites for hydroxylation is 2. The van der Waals surface area contributed by atoms with Gasteiger partial charge in [0, 0.05) is 31.8 Å². The van der Waals surface area contributed by atoms with Crippen molar-refractivity contribution >= 4 is 22.9 Å². The second-order valence-corrected chi connectivity index (χ2v) is 8.71. The van der Waals surface area contributed by atoms with Crippen LogP contribution in [0.25, 0.3) is 33.5 Å². The largest absolute Gasteiger partial charge is 0.375 e. The molecule has 0 bridgehead atoms. The molecular weight excluding hydrogens is 418 g/mol. The molecule has 0 aliphatic rings. The van der Waals surface area contributed by atoms with Crippen molar-refractivity contribution in [1.82, 2.24) is 19.1 Å². The molecule has 0 aliphatic carbocycles. The fraction of sp³-hybridized carbons (Fsp3) is 0.320. The highest BCUT2D eigenvalue weighted by Gasteiger charge is 2.18. The molecule has 2 aromatic carbocycles. The summed E-state index contributed by atoms with van der Waals surface area (Å²) in [4.78, 5) is 32.8. The van der Waals surface area contributed by atoms with E-state index in [0.29, 0.717) is 18.4 Å². The van der Waals surface area contributed by atoms with E-state index >= 15 is 0 Å². The molecule has 8 heteroatoms. The molecule has 172 valence electrons. The van der Waals surface area contributed by atoms with Gasteiger partial charge in [0.15, 0.2) is 0 Å². The van der Waals surface area contributed by atoms with Crippen LogP contribution in [0.15, 0.2) is 47.3 Å². The maximum absolute atomic E-state index is 12.8. The average Bonchev–Trinajstić information content (AvgIpc) is 3.28. The summed E-state index contributed by atoms with van der Waals surface area (Å²) in [6.07, 6.45) is 0. The van der Waals surface area contributed by atoms with Gasteiger partial charge in [-0.25, -0.2) is 9.78 Å². The third-order valence-corrected chi connectivity index (χ3v) is 5.51. The first-order chi connectivity index (χ1) is 15.8. The van der Waals surface area contributed by atoms with Gasteiger partial charge in [-0.3, -0.25) is 19.2 Å². The zero-order valence-electron chi connectivity index (χ0n) is 19.6. The Morgan fingerprint density at radius 1 is 1.15 bits per heavy atom. The molecule has 4 aromatic rings. The van der Waals surface area contributed by atoms with Crippen LogP contribution in [-0.2, 0) is 23.1 Å². The second kappa shape index (κ2) is 9.07. The van der Waals surface area contributed by atoms with Crippen LogP contribution in [0.4, 0.5) is 5.95 Å². The van der Waals surface area contributed by atoms with Gasteiger partial charge in [-0.15, -0.1) is 0 Å². The number of ether oxygens (including phenoxy) is 1. The van der Waals surface area contributed by atoms with Crippen LogP contribution < -0.4 is 11.0 Å². The van der Waals surface area contributed by atoms with Gasteiger partial charge in [0.1, 0.15) is 6.61 Å². The lowest BCUT2D eigenvalue weighted by molar-refractivity contribution is -0.119. The summed E-state index contributed by atoms with van der Waals surface area (Å²) < 4.78 is 8.40. The van der Waals surface area contributed by atoms with E-state index in [0.717, 1.165) is 39.1 Å². The van der Waals surface area contributed by atoms with Crippen molar-refractivity contribution in [3.05, 3.63) is 58.5 Å². The molecule has 33 heavy (non-hydrogen) atoms. The third-order valence-electron chi connectivity index (χ3n) is 5.51. The lowest BCUT2D eigenvalue weighted by atomic mass is 10.0. The van der Waals surface area contributed by atoms with Crippen LogP contribution in [0, 0.1) is 12.8 Å². The van der Waals surface area contributed by atoms with Crippen molar-refractivity contribution in [2.75, 3.05) is 19.0 Å². The second-order valence-electron chi connectivity index (χ2n) is 8.71. The number of rotatable bonds is 7. The van der Waals surface area contributed by atoms with Gasteiger partial charge in [0.25, 0.3) is 5.91 Å². The van der Waals surface area contributed by atoms with Gasteiger partial charge in [-0.1, -0.05) is 43.7 Å². The lowest BCUT2D eigenvalue weighted by Crippen LogP contribution is -2.24. The quantitative estimate of drug-likeness (QED) is 0.449. The molecule has 0 saturated heterocycles. The van der Waals surface area contributed by atoms with Crippen molar-refractivity contribution in [1.29, 1.82) is 0 Å². The van der Waals surface area contributed by atoms with Crippen LogP contribution in [0.2, 0.25) is 0 Å². The van der Waals surface area contributed by atoms with Crippen LogP contribution in [0.5, 0.6) is 0 Å². The van der Waals surface area contributed by atoms with Crippen molar-refractivity contribution in [2.24, 2.45) is 13.0 Å². The number of aromatic nitrogens is 4. The number of hydrogen-bond donors (Lipinski definition) is 2. The van der Waals surface area contributed by atoms with Gasteiger partial charge in [0.2, 0.25) is 5.95 Å². The minimum Gasteiger partial charge on any atom is -0.375 e. The Balaban J connectivity index is 1.86. The molecule has 4 rings (SSSR count). The molecule has 8 nitrogen and oxygen atoms in total. The summed E-state index contributed by atoms with van der Waals surface area (Å²) in [5.74, 6) is 0.402. The maximum atomic E-state index is 12.8. The molecular formula is C25H29N5O3. The molecule has 0 fully saturated rings. The van der Waals surface area contributed by atoms with Crippen molar-refractivity contribution < 1.29 is 9.53 Å². The van der Waals surface area contributed by atoms with Crippen LogP contribution >= 0.6 is 0 Å². The number of imidazole rings is 2. The fourth-order valence-electron chi connectivity index (χ4n) is 4.05. The van der Waals surface area contributed by atoms with Gasteiger partial charge >= 0.3 is 5.69 Å². The number of nitrogens with zero attached hydrogens (tertiary/aromatic N) is 3. The predicted octanol–water partition coefficient (Wildman–Crippen LogP) is 3.95. The van der Waals surface area contributed by atoms with E-state index in [4.69, 9.17) is 4.74 Å². The molecule has 0 aliphatic heterocycles. The number of methoxy groups -OCH3 is 1. The number of carbonyl (C=O) groups is 1. The Morgan fingerprint density at radius 2 is 1.94 bits per heavy atom. The van der Waals surface area contributed by atoms with Crippen LogP contribution in [0.1, 0.15) is 19.4 Å². The van der Waals surface area contributed by atoms with E-state index < -0.39 is 0 Å². The number of anilines is 1. The minimum absolute atomic E-state index is 0.0353. The standard InChI is InChI=1S/C25H29N5O3/c1-15(2)13-30-19-10-9-18(12-20(19)29(4)25(30)32)23-22(17-8-6-7-16(3)11-17)27-24(28-23)26-21(31)14-33-5/h6-12,15H,13-14H2,1-5H3,(H2,26,27,28,31). The predicted molar refractivity (Wildman–Crippen MR) is 130 cm³/mol. The monoisotopic (exact) mass is 447 g/mol. The number of nitrogens with one attached hydrogen (secondary N) is 2. The number of hydrogen-bond acceptors (Lipinski definition) is 4. The van der Waals surface area contributed by atoms with E-state index in [9.17, 15) is 9.59 Å². The molecule has 2 N–H and O–H groups in total. The maximum Gasteiger partial charge on any atom is 0.328 e. The zero-order chi connectivity index (χ0) is 23.7. The number of benzene rings is 2. The lowest BCUT2D eigenvalue weighted by Gasteiger charge is -2.07. The summed E-state index contributed by atoms with van der Waals surface area (Å²) in [5, 5.41) is 2.75. The van der Waals surface area contributed by atoms with Crippen molar-refractivity contribution in [3.8, 4) is 22.5 Å². The van der Waals surface area contributed by atoms with Crippen molar-refractivity contribution in [3.63, 3.8) is 0 Å². The molecule has 1 amide bonds. The smallest absolute Gasteiger partial charge is 0.328 e. The zero-order valence-corrected chi connectivity index (χ0v) is 19.6. The van der Waals surface area contributed by atoms with E-state index in [2.05, 4.69) is 29.1 Å². The Bertz CT molecular complexity index is 1380. The van der Waals surface area contributed by atoms with E-state index in [1.807, 2.05) is 54.0 Å². The van der Waals surface area contributed by atoms with E-state index in [1.165, 1.54) is 7.11 Å². The number of H-pyrrole nitrogens is 1. The molecule has 0 saturated carbocycles. The Morgan fingerprint density at radius 3 is 2.64 bits per heavy atom.